The molecule has 0 bridgehead atoms. The summed E-state index contributed by atoms with van der Waals surface area (Å²) in [6.07, 6.45) is 6.75. The van der Waals surface area contributed by atoms with Gasteiger partial charge in [0.25, 0.3) is 5.91 Å². The minimum absolute atomic E-state index is 0.187. The standard InChI is InChI=1S/C21H25N5O/c1-3-21(22,4-2)15-24-20(27)18-14-26(17-10-6-5-7-11-17)25-19(18)16-9-8-12-23-13-16/h5-14H,3-4,15,22H2,1-2H3,(H,24,27). The highest BCUT2D eigenvalue weighted by atomic mass is 16.1. The zero-order valence-corrected chi connectivity index (χ0v) is 15.7. The van der Waals surface area contributed by atoms with Gasteiger partial charge in [0.05, 0.1) is 11.3 Å². The van der Waals surface area contributed by atoms with Gasteiger partial charge in [-0.2, -0.15) is 5.10 Å². The third-order valence-electron chi connectivity index (χ3n) is 4.92. The fourth-order valence-corrected chi connectivity index (χ4v) is 2.82. The fraction of sp³-hybridized carbons (Fsp3) is 0.286. The van der Waals surface area contributed by atoms with Crippen molar-refractivity contribution in [3.63, 3.8) is 0 Å². The molecule has 0 aliphatic heterocycles. The summed E-state index contributed by atoms with van der Waals surface area (Å²) in [6, 6.07) is 13.4. The number of hydrogen-bond donors (Lipinski definition) is 2. The van der Waals surface area contributed by atoms with Gasteiger partial charge in [0, 0.05) is 36.2 Å². The molecule has 0 atom stereocenters. The van der Waals surface area contributed by atoms with Crippen molar-refractivity contribution in [2.24, 2.45) is 5.73 Å². The van der Waals surface area contributed by atoms with Crippen LogP contribution >= 0.6 is 0 Å². The highest BCUT2D eigenvalue weighted by Crippen LogP contribution is 2.23. The first-order valence-electron chi connectivity index (χ1n) is 9.19. The molecule has 27 heavy (non-hydrogen) atoms. The van der Waals surface area contributed by atoms with E-state index in [2.05, 4.69) is 15.4 Å². The molecule has 0 radical (unpaired) electrons. The smallest absolute Gasteiger partial charge is 0.255 e. The molecule has 0 fully saturated rings. The predicted octanol–water partition coefficient (Wildman–Crippen LogP) is 3.18. The number of rotatable bonds is 7. The molecule has 6 heteroatoms. The molecule has 6 nitrogen and oxygen atoms in total. The van der Waals surface area contributed by atoms with Gasteiger partial charge in [0.1, 0.15) is 5.69 Å². The lowest BCUT2D eigenvalue weighted by Gasteiger charge is -2.26. The Morgan fingerprint density at radius 3 is 2.52 bits per heavy atom. The molecule has 140 valence electrons. The SMILES string of the molecule is CCC(N)(CC)CNC(=O)c1cn(-c2ccccc2)nc1-c1cccnc1. The first-order valence-corrected chi connectivity index (χ1v) is 9.19. The number of nitrogens with two attached hydrogens (primary N) is 1. The summed E-state index contributed by atoms with van der Waals surface area (Å²) in [4.78, 5) is 17.1. The lowest BCUT2D eigenvalue weighted by molar-refractivity contribution is 0.0943. The van der Waals surface area contributed by atoms with Crippen LogP contribution in [0.4, 0.5) is 0 Å². The summed E-state index contributed by atoms with van der Waals surface area (Å²) in [5, 5.41) is 7.62. The monoisotopic (exact) mass is 363 g/mol. The second-order valence-electron chi connectivity index (χ2n) is 6.67. The van der Waals surface area contributed by atoms with Crippen LogP contribution in [0.15, 0.2) is 61.1 Å². The summed E-state index contributed by atoms with van der Waals surface area (Å²) in [7, 11) is 0. The Bertz CT molecular complexity index is 885. The van der Waals surface area contributed by atoms with E-state index in [1.54, 1.807) is 23.3 Å². The number of nitrogens with one attached hydrogen (secondary N) is 1. The number of hydrogen-bond acceptors (Lipinski definition) is 4. The molecule has 0 aliphatic rings. The van der Waals surface area contributed by atoms with E-state index in [-0.39, 0.29) is 5.91 Å². The van der Waals surface area contributed by atoms with Crippen molar-refractivity contribution in [3.8, 4) is 16.9 Å². The summed E-state index contributed by atoms with van der Waals surface area (Å²) >= 11 is 0. The number of carbonyl (C=O) groups is 1. The molecule has 0 saturated heterocycles. The van der Waals surface area contributed by atoms with Crippen LogP contribution in [-0.4, -0.2) is 32.8 Å². The van der Waals surface area contributed by atoms with Gasteiger partial charge in [-0.1, -0.05) is 32.0 Å². The quantitative estimate of drug-likeness (QED) is 0.675. The minimum Gasteiger partial charge on any atom is -0.350 e. The Kier molecular flexibility index (Phi) is 5.66. The highest BCUT2D eigenvalue weighted by molar-refractivity contribution is 5.99. The Morgan fingerprint density at radius 1 is 1.15 bits per heavy atom. The molecule has 3 N–H and O–H groups in total. The summed E-state index contributed by atoms with van der Waals surface area (Å²) < 4.78 is 1.71. The van der Waals surface area contributed by atoms with Crippen molar-refractivity contribution in [2.45, 2.75) is 32.2 Å². The molecule has 3 aromatic rings. The fourth-order valence-electron chi connectivity index (χ4n) is 2.82. The first-order chi connectivity index (χ1) is 13.1. The topological polar surface area (TPSA) is 85.8 Å². The van der Waals surface area contributed by atoms with E-state index < -0.39 is 5.54 Å². The maximum absolute atomic E-state index is 12.9. The summed E-state index contributed by atoms with van der Waals surface area (Å²) in [5.41, 5.74) is 8.70. The number of aromatic nitrogens is 3. The van der Waals surface area contributed by atoms with Gasteiger partial charge in [0.15, 0.2) is 0 Å². The number of carbonyl (C=O) groups excluding carboxylic acids is 1. The summed E-state index contributed by atoms with van der Waals surface area (Å²) in [5.74, 6) is -0.187. The normalized spacial score (nSPS) is 11.4. The highest BCUT2D eigenvalue weighted by Gasteiger charge is 2.24. The Hall–Kier alpha value is -2.99. The molecule has 2 heterocycles. The van der Waals surface area contributed by atoms with Gasteiger partial charge in [-0.3, -0.25) is 9.78 Å². The average Bonchev–Trinajstić information content (AvgIpc) is 3.19. The number of para-hydroxylation sites is 1. The maximum atomic E-state index is 12.9. The molecule has 3 rings (SSSR count). The number of benzene rings is 1. The van der Waals surface area contributed by atoms with Gasteiger partial charge < -0.3 is 11.1 Å². The number of amides is 1. The molecule has 0 aliphatic carbocycles. The van der Waals surface area contributed by atoms with Gasteiger partial charge in [-0.05, 0) is 37.1 Å². The van der Waals surface area contributed by atoms with Crippen molar-refractivity contribution in [1.29, 1.82) is 0 Å². The molecule has 1 amide bonds. The molecular weight excluding hydrogens is 338 g/mol. The van der Waals surface area contributed by atoms with E-state index in [4.69, 9.17) is 5.73 Å². The Labute approximate surface area is 159 Å². The molecule has 1 aromatic carbocycles. The lowest BCUT2D eigenvalue weighted by Crippen LogP contribution is -2.49. The van der Waals surface area contributed by atoms with E-state index in [1.807, 2.05) is 56.3 Å². The van der Waals surface area contributed by atoms with Crippen LogP contribution < -0.4 is 11.1 Å². The van der Waals surface area contributed by atoms with Crippen molar-refractivity contribution in [2.75, 3.05) is 6.54 Å². The van der Waals surface area contributed by atoms with Gasteiger partial charge >= 0.3 is 0 Å². The van der Waals surface area contributed by atoms with Crippen LogP contribution in [0.3, 0.4) is 0 Å². The third-order valence-corrected chi connectivity index (χ3v) is 4.92. The second kappa shape index (κ2) is 8.14. The van der Waals surface area contributed by atoms with Crippen LogP contribution in [0.5, 0.6) is 0 Å². The van der Waals surface area contributed by atoms with Crippen molar-refractivity contribution >= 4 is 5.91 Å². The Balaban J connectivity index is 1.95. The van der Waals surface area contributed by atoms with E-state index in [0.717, 1.165) is 24.1 Å². The molecule has 2 aromatic heterocycles. The van der Waals surface area contributed by atoms with Crippen LogP contribution in [0, 0.1) is 0 Å². The maximum Gasteiger partial charge on any atom is 0.255 e. The molecular formula is C21H25N5O. The molecule has 0 spiro atoms. The van der Waals surface area contributed by atoms with Gasteiger partial charge in [0.2, 0.25) is 0 Å². The Morgan fingerprint density at radius 2 is 1.89 bits per heavy atom. The lowest BCUT2D eigenvalue weighted by atomic mass is 9.94. The second-order valence-corrected chi connectivity index (χ2v) is 6.67. The van der Waals surface area contributed by atoms with E-state index >= 15 is 0 Å². The van der Waals surface area contributed by atoms with Crippen molar-refractivity contribution < 1.29 is 4.79 Å². The van der Waals surface area contributed by atoms with E-state index in [9.17, 15) is 4.79 Å². The van der Waals surface area contributed by atoms with Crippen LogP contribution in [0.25, 0.3) is 16.9 Å². The van der Waals surface area contributed by atoms with Crippen LogP contribution in [0.1, 0.15) is 37.0 Å². The molecule has 0 saturated carbocycles. The van der Waals surface area contributed by atoms with Gasteiger partial charge in [-0.25, -0.2) is 4.68 Å². The first kappa shape index (κ1) is 18.8. The van der Waals surface area contributed by atoms with Crippen LogP contribution in [-0.2, 0) is 0 Å². The minimum atomic E-state index is -0.403. The van der Waals surface area contributed by atoms with Gasteiger partial charge in [-0.15, -0.1) is 0 Å². The summed E-state index contributed by atoms with van der Waals surface area (Å²) in [6.45, 7) is 4.48. The van der Waals surface area contributed by atoms with Crippen LogP contribution in [0.2, 0.25) is 0 Å². The number of nitrogens with zero attached hydrogens (tertiary/aromatic N) is 3. The largest absolute Gasteiger partial charge is 0.350 e. The predicted molar refractivity (Wildman–Crippen MR) is 107 cm³/mol. The van der Waals surface area contributed by atoms with E-state index in [0.29, 0.717) is 17.8 Å². The zero-order valence-electron chi connectivity index (χ0n) is 15.7. The number of pyridine rings is 1. The third kappa shape index (κ3) is 4.23. The van der Waals surface area contributed by atoms with Crippen molar-refractivity contribution in [1.82, 2.24) is 20.1 Å². The molecule has 0 unspecified atom stereocenters. The average molecular weight is 363 g/mol. The van der Waals surface area contributed by atoms with E-state index in [1.165, 1.54) is 0 Å². The zero-order chi connectivity index (χ0) is 19.3. The van der Waals surface area contributed by atoms with Crippen molar-refractivity contribution in [3.05, 3.63) is 66.6 Å².